The van der Waals surface area contributed by atoms with E-state index in [0.717, 1.165) is 23.0 Å². The molecule has 1 aliphatic rings. The minimum atomic E-state index is -0.701. The van der Waals surface area contributed by atoms with Gasteiger partial charge < -0.3 is 19.0 Å². The van der Waals surface area contributed by atoms with Gasteiger partial charge in [-0.1, -0.05) is 23.7 Å². The first-order valence-electron chi connectivity index (χ1n) is 9.65. The highest BCUT2D eigenvalue weighted by Gasteiger charge is 2.41. The average Bonchev–Trinajstić information content (AvgIpc) is 2.70. The van der Waals surface area contributed by atoms with Crippen LogP contribution >= 0.6 is 11.6 Å². The second kappa shape index (κ2) is 8.56. The smallest absolute Gasteiger partial charge is 0.411 e. The molecule has 160 valence electrons. The van der Waals surface area contributed by atoms with E-state index in [-0.39, 0.29) is 0 Å². The van der Waals surface area contributed by atoms with Crippen molar-refractivity contribution in [3.05, 3.63) is 58.1 Å². The number of fused-ring (bicyclic) bond motifs is 1. The van der Waals surface area contributed by atoms with Crippen LogP contribution in [0.25, 0.3) is 0 Å². The lowest BCUT2D eigenvalue weighted by Crippen LogP contribution is -2.50. The molecule has 0 radical (unpaired) electrons. The van der Waals surface area contributed by atoms with Gasteiger partial charge in [-0.3, -0.25) is 4.90 Å². The Balaban J connectivity index is 2.21. The lowest BCUT2D eigenvalue weighted by molar-refractivity contribution is -0.113. The van der Waals surface area contributed by atoms with Crippen molar-refractivity contribution < 1.29 is 23.8 Å². The van der Waals surface area contributed by atoms with Crippen LogP contribution in [-0.2, 0) is 16.0 Å². The Kier molecular flexibility index (Phi) is 6.27. The van der Waals surface area contributed by atoms with Gasteiger partial charge in [-0.15, -0.1) is 0 Å². The summed E-state index contributed by atoms with van der Waals surface area (Å²) >= 11 is 6.08. The summed E-state index contributed by atoms with van der Waals surface area (Å²) in [4.78, 5) is 26.7. The van der Waals surface area contributed by atoms with E-state index in [2.05, 4.69) is 0 Å². The van der Waals surface area contributed by atoms with Crippen LogP contribution in [0.2, 0.25) is 5.02 Å². The van der Waals surface area contributed by atoms with E-state index < -0.39 is 23.8 Å². The average molecular weight is 432 g/mol. The number of aldehydes is 1. The molecule has 0 spiro atoms. The lowest BCUT2D eigenvalue weighted by Gasteiger charge is -2.42. The SMILES string of the molecule is COc1cc2c(cc1OC)[C@H](c1ccc(Cl)cc1)N(C(=O)OC(C)(C)C)[C@H](C=O)C2. The monoisotopic (exact) mass is 431 g/mol. The zero-order valence-corrected chi connectivity index (χ0v) is 18.5. The van der Waals surface area contributed by atoms with Crippen LogP contribution in [0.15, 0.2) is 36.4 Å². The van der Waals surface area contributed by atoms with Crippen LogP contribution in [0, 0.1) is 0 Å². The minimum Gasteiger partial charge on any atom is -0.493 e. The van der Waals surface area contributed by atoms with Gasteiger partial charge in [0, 0.05) is 11.4 Å². The summed E-state index contributed by atoms with van der Waals surface area (Å²) in [6.07, 6.45) is 0.578. The van der Waals surface area contributed by atoms with Gasteiger partial charge in [0.25, 0.3) is 0 Å². The number of carbonyl (C=O) groups is 2. The molecule has 0 fully saturated rings. The van der Waals surface area contributed by atoms with Gasteiger partial charge in [0.2, 0.25) is 0 Å². The van der Waals surface area contributed by atoms with Gasteiger partial charge in [-0.25, -0.2) is 4.79 Å². The Hall–Kier alpha value is -2.73. The van der Waals surface area contributed by atoms with Crippen LogP contribution in [0.4, 0.5) is 4.79 Å². The van der Waals surface area contributed by atoms with E-state index in [1.54, 1.807) is 47.1 Å². The second-order valence-corrected chi connectivity index (χ2v) is 8.59. The van der Waals surface area contributed by atoms with Crippen molar-refractivity contribution >= 4 is 24.0 Å². The number of hydrogen-bond acceptors (Lipinski definition) is 5. The van der Waals surface area contributed by atoms with Crippen LogP contribution in [0.3, 0.4) is 0 Å². The van der Waals surface area contributed by atoms with E-state index in [1.807, 2.05) is 24.3 Å². The van der Waals surface area contributed by atoms with Crippen LogP contribution in [0.1, 0.15) is 43.5 Å². The first kappa shape index (κ1) is 22.0. The maximum Gasteiger partial charge on any atom is 0.411 e. The van der Waals surface area contributed by atoms with Crippen molar-refractivity contribution in [2.45, 2.75) is 44.9 Å². The number of methoxy groups -OCH3 is 2. The summed E-state index contributed by atoms with van der Waals surface area (Å²) in [5, 5.41) is 0.581. The van der Waals surface area contributed by atoms with E-state index in [4.69, 9.17) is 25.8 Å². The van der Waals surface area contributed by atoms with Crippen molar-refractivity contribution in [2.75, 3.05) is 14.2 Å². The Morgan fingerprint density at radius 1 is 1.10 bits per heavy atom. The zero-order valence-electron chi connectivity index (χ0n) is 17.8. The third kappa shape index (κ3) is 4.38. The summed E-state index contributed by atoms with van der Waals surface area (Å²) in [6, 6.07) is 9.69. The molecular formula is C23H26ClNO5. The molecule has 2 atom stereocenters. The van der Waals surface area contributed by atoms with E-state index >= 15 is 0 Å². The van der Waals surface area contributed by atoms with E-state index in [1.165, 1.54) is 4.90 Å². The molecule has 0 aliphatic carbocycles. The quantitative estimate of drug-likeness (QED) is 0.650. The number of amides is 1. The predicted octanol–water partition coefficient (Wildman–Crippen LogP) is 4.81. The van der Waals surface area contributed by atoms with E-state index in [0.29, 0.717) is 22.9 Å². The normalized spacial score (nSPS) is 18.4. The van der Waals surface area contributed by atoms with Crippen molar-refractivity contribution in [3.8, 4) is 11.5 Å². The Bertz CT molecular complexity index is 936. The van der Waals surface area contributed by atoms with Crippen LogP contribution < -0.4 is 9.47 Å². The molecule has 1 aliphatic heterocycles. The zero-order chi connectivity index (χ0) is 22.1. The molecule has 2 aromatic rings. The molecule has 1 heterocycles. The highest BCUT2D eigenvalue weighted by Crippen LogP contribution is 2.43. The Labute approximate surface area is 181 Å². The van der Waals surface area contributed by atoms with Crippen molar-refractivity contribution in [1.29, 1.82) is 0 Å². The Morgan fingerprint density at radius 2 is 1.70 bits per heavy atom. The van der Waals surface area contributed by atoms with Crippen LogP contribution in [0.5, 0.6) is 11.5 Å². The number of carbonyl (C=O) groups excluding carboxylic acids is 2. The van der Waals surface area contributed by atoms with Crippen molar-refractivity contribution in [2.24, 2.45) is 0 Å². The molecule has 2 aromatic carbocycles. The molecule has 0 aromatic heterocycles. The number of benzene rings is 2. The summed E-state index contributed by atoms with van der Waals surface area (Å²) < 4.78 is 16.6. The van der Waals surface area contributed by atoms with Gasteiger partial charge in [-0.05, 0) is 61.7 Å². The fraction of sp³-hybridized carbons (Fsp3) is 0.391. The van der Waals surface area contributed by atoms with Crippen LogP contribution in [-0.4, -0.2) is 43.1 Å². The molecule has 0 bridgehead atoms. The van der Waals surface area contributed by atoms with E-state index in [9.17, 15) is 9.59 Å². The molecule has 0 N–H and O–H groups in total. The highest BCUT2D eigenvalue weighted by molar-refractivity contribution is 6.30. The first-order valence-corrected chi connectivity index (χ1v) is 10.0. The molecule has 0 saturated heterocycles. The number of rotatable bonds is 4. The molecule has 1 amide bonds. The van der Waals surface area contributed by atoms with Crippen molar-refractivity contribution in [1.82, 2.24) is 4.90 Å². The summed E-state index contributed by atoms with van der Waals surface area (Å²) in [5.74, 6) is 1.12. The molecule has 30 heavy (non-hydrogen) atoms. The van der Waals surface area contributed by atoms with Crippen molar-refractivity contribution in [3.63, 3.8) is 0 Å². The lowest BCUT2D eigenvalue weighted by atomic mass is 9.85. The second-order valence-electron chi connectivity index (χ2n) is 8.16. The number of hydrogen-bond donors (Lipinski definition) is 0. The predicted molar refractivity (Wildman–Crippen MR) is 114 cm³/mol. The third-order valence-corrected chi connectivity index (χ3v) is 5.20. The molecular weight excluding hydrogens is 406 g/mol. The van der Waals surface area contributed by atoms with Gasteiger partial charge in [-0.2, -0.15) is 0 Å². The summed E-state index contributed by atoms with van der Waals surface area (Å²) in [6.45, 7) is 5.39. The maximum atomic E-state index is 13.2. The number of ether oxygens (including phenoxy) is 3. The molecule has 0 saturated carbocycles. The maximum absolute atomic E-state index is 13.2. The molecule has 0 unspecified atom stereocenters. The minimum absolute atomic E-state index is 0.350. The molecule has 7 heteroatoms. The fourth-order valence-corrected chi connectivity index (χ4v) is 3.81. The fourth-order valence-electron chi connectivity index (χ4n) is 3.69. The van der Waals surface area contributed by atoms with Gasteiger partial charge in [0.15, 0.2) is 11.5 Å². The topological polar surface area (TPSA) is 65.1 Å². The summed E-state index contributed by atoms with van der Waals surface area (Å²) in [7, 11) is 3.12. The largest absolute Gasteiger partial charge is 0.493 e. The highest BCUT2D eigenvalue weighted by atomic mass is 35.5. The molecule has 6 nitrogen and oxygen atoms in total. The Morgan fingerprint density at radius 3 is 2.23 bits per heavy atom. The summed E-state index contributed by atoms with van der Waals surface area (Å²) in [5.41, 5.74) is 1.86. The standard InChI is InChI=1S/C23H26ClNO5/c1-23(2,3)30-22(27)25-17(13-26)10-15-11-19(28-4)20(29-5)12-18(15)21(25)14-6-8-16(24)9-7-14/h6-9,11-13,17,21H,10H2,1-5H3/t17-,21-/m0/s1. The van der Waals surface area contributed by atoms with Gasteiger partial charge in [0.05, 0.1) is 26.3 Å². The number of halogens is 1. The van der Waals surface area contributed by atoms with Gasteiger partial charge >= 0.3 is 6.09 Å². The number of nitrogens with zero attached hydrogens (tertiary/aromatic N) is 1. The molecule has 3 rings (SSSR count). The van der Waals surface area contributed by atoms with Gasteiger partial charge in [0.1, 0.15) is 11.9 Å². The third-order valence-electron chi connectivity index (χ3n) is 4.95. The first-order chi connectivity index (χ1) is 14.2.